The number of halogens is 1. The summed E-state index contributed by atoms with van der Waals surface area (Å²) < 4.78 is 13.2. The Hall–Kier alpha value is -0.960. The van der Waals surface area contributed by atoms with E-state index in [0.717, 1.165) is 12.0 Å². The highest BCUT2D eigenvalue weighted by molar-refractivity contribution is 5.15. The van der Waals surface area contributed by atoms with Gasteiger partial charge in [0.05, 0.1) is 6.20 Å². The Morgan fingerprint density at radius 1 is 1.33 bits per heavy atom. The van der Waals surface area contributed by atoms with E-state index in [-0.39, 0.29) is 11.9 Å². The van der Waals surface area contributed by atoms with Crippen LogP contribution in [0.1, 0.15) is 57.6 Å². The van der Waals surface area contributed by atoms with E-state index in [4.69, 9.17) is 0 Å². The number of nitrogens with zero attached hydrogens (tertiary/aromatic N) is 1. The average molecular weight is 252 g/mol. The van der Waals surface area contributed by atoms with Crippen LogP contribution in [-0.4, -0.2) is 12.0 Å². The lowest BCUT2D eigenvalue weighted by Crippen LogP contribution is -2.20. The van der Waals surface area contributed by atoms with Crippen molar-refractivity contribution >= 4 is 0 Å². The molecule has 2 atom stereocenters. The molecule has 0 aromatic carbocycles. The van der Waals surface area contributed by atoms with Gasteiger partial charge in [-0.2, -0.15) is 0 Å². The van der Waals surface area contributed by atoms with E-state index < -0.39 is 0 Å². The molecule has 2 nitrogen and oxygen atoms in total. The molecule has 0 fully saturated rings. The number of hydrogen-bond acceptors (Lipinski definition) is 2. The molecule has 1 rings (SSSR count). The summed E-state index contributed by atoms with van der Waals surface area (Å²) in [5, 5.41) is 3.28. The zero-order valence-corrected chi connectivity index (χ0v) is 11.7. The third-order valence-electron chi connectivity index (χ3n) is 3.59. The van der Waals surface area contributed by atoms with Crippen LogP contribution >= 0.6 is 0 Å². The van der Waals surface area contributed by atoms with Crippen molar-refractivity contribution in [2.75, 3.05) is 7.05 Å². The molecule has 0 amide bonds. The molecule has 0 saturated heterocycles. The van der Waals surface area contributed by atoms with Crippen LogP contribution in [-0.2, 0) is 0 Å². The molecule has 0 radical (unpaired) electrons. The van der Waals surface area contributed by atoms with Gasteiger partial charge in [0.15, 0.2) is 0 Å². The Morgan fingerprint density at radius 3 is 2.67 bits per heavy atom. The summed E-state index contributed by atoms with van der Waals surface area (Å²) in [6.07, 6.45) is 9.02. The standard InChI is InChI=1S/C15H25FN2/c1-4-6-7-12(5-2)8-15(17-3)13-9-14(16)11-18-10-13/h9-12,15,17H,4-8H2,1-3H3. The molecule has 2 unspecified atom stereocenters. The van der Waals surface area contributed by atoms with Crippen LogP contribution < -0.4 is 5.32 Å². The van der Waals surface area contributed by atoms with Crippen molar-refractivity contribution in [3.63, 3.8) is 0 Å². The van der Waals surface area contributed by atoms with Gasteiger partial charge in [-0.3, -0.25) is 4.98 Å². The summed E-state index contributed by atoms with van der Waals surface area (Å²) in [6.45, 7) is 4.45. The molecule has 0 aliphatic rings. The van der Waals surface area contributed by atoms with Crippen molar-refractivity contribution in [3.8, 4) is 0 Å². The fourth-order valence-electron chi connectivity index (χ4n) is 2.35. The van der Waals surface area contributed by atoms with Crippen LogP contribution in [0.15, 0.2) is 18.5 Å². The van der Waals surface area contributed by atoms with Crippen molar-refractivity contribution in [3.05, 3.63) is 29.8 Å². The van der Waals surface area contributed by atoms with Gasteiger partial charge in [-0.1, -0.05) is 39.5 Å². The van der Waals surface area contributed by atoms with E-state index in [1.165, 1.54) is 31.9 Å². The topological polar surface area (TPSA) is 24.9 Å². The highest BCUT2D eigenvalue weighted by Crippen LogP contribution is 2.26. The van der Waals surface area contributed by atoms with E-state index in [9.17, 15) is 4.39 Å². The molecule has 0 aliphatic heterocycles. The Labute approximate surface area is 110 Å². The molecule has 18 heavy (non-hydrogen) atoms. The molecule has 1 N–H and O–H groups in total. The summed E-state index contributed by atoms with van der Waals surface area (Å²) >= 11 is 0. The Balaban J connectivity index is 2.65. The molecule has 0 aliphatic carbocycles. The highest BCUT2D eigenvalue weighted by Gasteiger charge is 2.16. The zero-order valence-electron chi connectivity index (χ0n) is 11.7. The Kier molecular flexibility index (Phi) is 6.88. The summed E-state index contributed by atoms with van der Waals surface area (Å²) in [4.78, 5) is 3.93. The van der Waals surface area contributed by atoms with Gasteiger partial charge in [0, 0.05) is 12.2 Å². The highest BCUT2D eigenvalue weighted by atomic mass is 19.1. The summed E-state index contributed by atoms with van der Waals surface area (Å²) in [6, 6.07) is 1.79. The summed E-state index contributed by atoms with van der Waals surface area (Å²) in [5.41, 5.74) is 0.951. The predicted octanol–water partition coefficient (Wildman–Crippen LogP) is 4.09. The largest absolute Gasteiger partial charge is 0.313 e. The van der Waals surface area contributed by atoms with E-state index in [1.807, 2.05) is 7.05 Å². The summed E-state index contributed by atoms with van der Waals surface area (Å²) in [5.74, 6) is 0.444. The Bertz CT molecular complexity index is 341. The maximum Gasteiger partial charge on any atom is 0.141 e. The van der Waals surface area contributed by atoms with Crippen molar-refractivity contribution < 1.29 is 4.39 Å². The number of unbranched alkanes of at least 4 members (excludes halogenated alkanes) is 1. The third-order valence-corrected chi connectivity index (χ3v) is 3.59. The van der Waals surface area contributed by atoms with Gasteiger partial charge in [0.1, 0.15) is 5.82 Å². The van der Waals surface area contributed by atoms with E-state index in [2.05, 4.69) is 24.1 Å². The first-order valence-electron chi connectivity index (χ1n) is 6.98. The second-order valence-corrected chi connectivity index (χ2v) is 4.93. The van der Waals surface area contributed by atoms with Gasteiger partial charge < -0.3 is 5.32 Å². The first-order chi connectivity index (χ1) is 8.71. The first-order valence-corrected chi connectivity index (χ1v) is 6.98. The van der Waals surface area contributed by atoms with E-state index in [0.29, 0.717) is 5.92 Å². The molecule has 1 aromatic heterocycles. The fourth-order valence-corrected chi connectivity index (χ4v) is 2.35. The molecule has 0 bridgehead atoms. The van der Waals surface area contributed by atoms with Crippen molar-refractivity contribution in [2.24, 2.45) is 5.92 Å². The smallest absolute Gasteiger partial charge is 0.141 e. The molecule has 1 aromatic rings. The number of hydrogen-bond donors (Lipinski definition) is 1. The number of nitrogens with one attached hydrogen (secondary N) is 1. The van der Waals surface area contributed by atoms with Gasteiger partial charge in [0.25, 0.3) is 0 Å². The molecular weight excluding hydrogens is 227 g/mol. The van der Waals surface area contributed by atoms with Crippen LogP contribution in [0.3, 0.4) is 0 Å². The third kappa shape index (κ3) is 4.73. The average Bonchev–Trinajstić information content (AvgIpc) is 2.39. The van der Waals surface area contributed by atoms with Crippen molar-refractivity contribution in [1.82, 2.24) is 10.3 Å². The van der Waals surface area contributed by atoms with Crippen LogP contribution in [0, 0.1) is 11.7 Å². The fraction of sp³-hybridized carbons (Fsp3) is 0.667. The SMILES string of the molecule is CCCCC(CC)CC(NC)c1cncc(F)c1. The monoisotopic (exact) mass is 252 g/mol. The maximum absolute atomic E-state index is 13.2. The quantitative estimate of drug-likeness (QED) is 0.754. The van der Waals surface area contributed by atoms with Crippen molar-refractivity contribution in [1.29, 1.82) is 0 Å². The number of rotatable bonds is 8. The lowest BCUT2D eigenvalue weighted by atomic mass is 9.90. The van der Waals surface area contributed by atoms with Gasteiger partial charge in [0.2, 0.25) is 0 Å². The van der Waals surface area contributed by atoms with E-state index in [1.54, 1.807) is 12.3 Å². The molecular formula is C15H25FN2. The van der Waals surface area contributed by atoms with Crippen LogP contribution in [0.25, 0.3) is 0 Å². The number of aromatic nitrogens is 1. The van der Waals surface area contributed by atoms with Crippen molar-refractivity contribution in [2.45, 2.75) is 52.0 Å². The lowest BCUT2D eigenvalue weighted by Gasteiger charge is -2.22. The van der Waals surface area contributed by atoms with Gasteiger partial charge in [-0.05, 0) is 31.0 Å². The minimum Gasteiger partial charge on any atom is -0.313 e. The van der Waals surface area contributed by atoms with Gasteiger partial charge in [-0.15, -0.1) is 0 Å². The van der Waals surface area contributed by atoms with Crippen LogP contribution in [0.5, 0.6) is 0 Å². The van der Waals surface area contributed by atoms with Gasteiger partial charge in [-0.25, -0.2) is 4.39 Å². The van der Waals surface area contributed by atoms with Crippen LogP contribution in [0.2, 0.25) is 0 Å². The second-order valence-electron chi connectivity index (χ2n) is 4.93. The molecule has 1 heterocycles. The molecule has 0 saturated carbocycles. The van der Waals surface area contributed by atoms with Gasteiger partial charge >= 0.3 is 0 Å². The first kappa shape index (κ1) is 15.1. The lowest BCUT2D eigenvalue weighted by molar-refractivity contribution is 0.364. The zero-order chi connectivity index (χ0) is 13.4. The Morgan fingerprint density at radius 2 is 2.11 bits per heavy atom. The molecule has 3 heteroatoms. The number of pyridine rings is 1. The minimum absolute atomic E-state index is 0.204. The molecule has 0 spiro atoms. The minimum atomic E-state index is -0.255. The normalized spacial score (nSPS) is 14.4. The van der Waals surface area contributed by atoms with E-state index >= 15 is 0 Å². The maximum atomic E-state index is 13.2. The summed E-state index contributed by atoms with van der Waals surface area (Å²) in [7, 11) is 1.93. The predicted molar refractivity (Wildman–Crippen MR) is 73.9 cm³/mol. The second kappa shape index (κ2) is 8.20. The van der Waals surface area contributed by atoms with Crippen LogP contribution in [0.4, 0.5) is 4.39 Å². The molecule has 102 valence electrons.